The molecule has 0 atom stereocenters. The third-order valence-electron chi connectivity index (χ3n) is 3.55. The molecule has 0 unspecified atom stereocenters. The first-order valence-corrected chi connectivity index (χ1v) is 9.24. The summed E-state index contributed by atoms with van der Waals surface area (Å²) in [7, 11) is 0. The molecule has 1 aliphatic heterocycles. The van der Waals surface area contributed by atoms with Gasteiger partial charge in [-0.2, -0.15) is 0 Å². The van der Waals surface area contributed by atoms with Crippen molar-refractivity contribution in [1.29, 1.82) is 0 Å². The number of allylic oxidation sites excluding steroid dienone is 1. The summed E-state index contributed by atoms with van der Waals surface area (Å²) in [6.07, 6.45) is 12.8. The summed E-state index contributed by atoms with van der Waals surface area (Å²) in [5, 5.41) is 8.76. The van der Waals surface area contributed by atoms with Crippen molar-refractivity contribution in [3.63, 3.8) is 0 Å². The maximum atomic E-state index is 12.0. The van der Waals surface area contributed by atoms with E-state index < -0.39 is 5.97 Å². The van der Waals surface area contributed by atoms with Gasteiger partial charge in [0.15, 0.2) is 0 Å². The Morgan fingerprint density at radius 1 is 1.18 bits per heavy atom. The second-order valence-corrected chi connectivity index (χ2v) is 7.16. The number of rotatable bonds is 11. The van der Waals surface area contributed by atoms with Gasteiger partial charge in [0, 0.05) is 0 Å². The molecule has 1 heterocycles. The quantitative estimate of drug-likeness (QED) is 0.343. The van der Waals surface area contributed by atoms with Crippen LogP contribution in [-0.2, 0) is 9.59 Å². The van der Waals surface area contributed by atoms with E-state index >= 15 is 0 Å². The summed E-state index contributed by atoms with van der Waals surface area (Å²) in [6.45, 7) is 1.87. The zero-order valence-corrected chi connectivity index (χ0v) is 14.8. The van der Waals surface area contributed by atoms with E-state index in [4.69, 9.17) is 17.3 Å². The summed E-state index contributed by atoms with van der Waals surface area (Å²) >= 11 is 6.25. The highest BCUT2D eigenvalue weighted by Crippen LogP contribution is 2.31. The predicted octanol–water partition coefficient (Wildman–Crippen LogP) is 4.35. The van der Waals surface area contributed by atoms with Gasteiger partial charge in [-0.3, -0.25) is 14.5 Å². The fourth-order valence-corrected chi connectivity index (χ4v) is 3.58. The molecule has 0 bridgehead atoms. The zero-order chi connectivity index (χ0) is 16.4. The number of unbranched alkanes of at least 4 members (excludes halogenated alkanes) is 8. The van der Waals surface area contributed by atoms with Crippen molar-refractivity contribution in [2.45, 2.75) is 64.7 Å². The maximum Gasteiger partial charge on any atom is 0.323 e. The van der Waals surface area contributed by atoms with Gasteiger partial charge in [-0.15, -0.1) is 0 Å². The molecule has 0 aliphatic carbocycles. The highest BCUT2D eigenvalue weighted by molar-refractivity contribution is 8.26. The number of carboxylic acids is 1. The lowest BCUT2D eigenvalue weighted by Crippen LogP contribution is -2.33. The van der Waals surface area contributed by atoms with E-state index in [0.717, 1.165) is 17.7 Å². The number of carbonyl (C=O) groups excluding carboxylic acids is 1. The number of nitrogens with zero attached hydrogens (tertiary/aromatic N) is 1. The first-order chi connectivity index (χ1) is 10.6. The van der Waals surface area contributed by atoms with E-state index in [1.54, 1.807) is 0 Å². The van der Waals surface area contributed by atoms with E-state index in [1.165, 1.54) is 56.7 Å². The molecular formula is C16H25NO3S2. The van der Waals surface area contributed by atoms with Crippen molar-refractivity contribution in [3.8, 4) is 0 Å². The first kappa shape index (κ1) is 19.2. The van der Waals surface area contributed by atoms with Crippen LogP contribution >= 0.6 is 24.0 Å². The summed E-state index contributed by atoms with van der Waals surface area (Å²) in [4.78, 5) is 24.4. The van der Waals surface area contributed by atoms with E-state index in [1.807, 2.05) is 6.08 Å². The summed E-state index contributed by atoms with van der Waals surface area (Å²) in [5.41, 5.74) is 0. The number of thioether (sulfide) groups is 1. The topological polar surface area (TPSA) is 57.6 Å². The van der Waals surface area contributed by atoms with Crippen LogP contribution in [0.25, 0.3) is 0 Å². The molecule has 22 heavy (non-hydrogen) atoms. The Balaban J connectivity index is 2.20. The monoisotopic (exact) mass is 343 g/mol. The van der Waals surface area contributed by atoms with Crippen LogP contribution in [0.3, 0.4) is 0 Å². The van der Waals surface area contributed by atoms with Crippen LogP contribution in [0.4, 0.5) is 0 Å². The van der Waals surface area contributed by atoms with Gasteiger partial charge in [-0.25, -0.2) is 0 Å². The Bertz CT molecular complexity index is 435. The number of hydrogen-bond donors (Lipinski definition) is 1. The summed E-state index contributed by atoms with van der Waals surface area (Å²) in [6, 6.07) is 0. The lowest BCUT2D eigenvalue weighted by atomic mass is 10.1. The van der Waals surface area contributed by atoms with Crippen molar-refractivity contribution in [2.75, 3.05) is 6.54 Å². The minimum absolute atomic E-state index is 0.267. The van der Waals surface area contributed by atoms with Gasteiger partial charge in [-0.1, -0.05) is 81.9 Å². The molecule has 0 spiro atoms. The van der Waals surface area contributed by atoms with Crippen molar-refractivity contribution >= 4 is 40.2 Å². The van der Waals surface area contributed by atoms with Gasteiger partial charge < -0.3 is 5.11 Å². The molecule has 1 rings (SSSR count). The van der Waals surface area contributed by atoms with Gasteiger partial charge in [0.25, 0.3) is 5.91 Å². The van der Waals surface area contributed by atoms with Crippen molar-refractivity contribution in [3.05, 3.63) is 11.0 Å². The third kappa shape index (κ3) is 6.92. The molecule has 1 fully saturated rings. The standard InChI is InChI=1S/C16H25NO3S2/c1-2-3-4-5-6-7-8-9-10-11-13-15(20)17(12-14(18)19)16(21)22-13/h11H,2-10,12H2,1H3,(H,18,19). The number of aliphatic carboxylic acids is 1. The summed E-state index contributed by atoms with van der Waals surface area (Å²) < 4.78 is 0.342. The zero-order valence-electron chi connectivity index (χ0n) is 13.2. The molecule has 0 aromatic carbocycles. The molecule has 124 valence electrons. The smallest absolute Gasteiger partial charge is 0.323 e. The Labute approximate surface area is 142 Å². The largest absolute Gasteiger partial charge is 0.480 e. The van der Waals surface area contributed by atoms with Gasteiger partial charge >= 0.3 is 5.97 Å². The van der Waals surface area contributed by atoms with E-state index in [-0.39, 0.29) is 12.5 Å². The van der Waals surface area contributed by atoms with Crippen molar-refractivity contribution in [1.82, 2.24) is 4.90 Å². The van der Waals surface area contributed by atoms with Gasteiger partial charge in [0.05, 0.1) is 4.91 Å². The van der Waals surface area contributed by atoms with Crippen LogP contribution < -0.4 is 0 Å². The molecule has 4 nitrogen and oxygen atoms in total. The first-order valence-electron chi connectivity index (χ1n) is 8.02. The molecule has 1 aliphatic rings. The molecule has 0 aromatic rings. The molecule has 1 saturated heterocycles. The Morgan fingerprint density at radius 2 is 1.77 bits per heavy atom. The van der Waals surface area contributed by atoms with Gasteiger partial charge in [0.2, 0.25) is 0 Å². The van der Waals surface area contributed by atoms with Crippen LogP contribution in [0.5, 0.6) is 0 Å². The highest BCUT2D eigenvalue weighted by Gasteiger charge is 2.32. The predicted molar refractivity (Wildman–Crippen MR) is 94.8 cm³/mol. The fraction of sp³-hybridized carbons (Fsp3) is 0.688. The molecule has 1 amide bonds. The number of carbonyl (C=O) groups is 2. The Hall–Kier alpha value is -0.880. The van der Waals surface area contributed by atoms with Crippen LogP contribution in [0.15, 0.2) is 11.0 Å². The number of hydrogen-bond acceptors (Lipinski definition) is 4. The average Bonchev–Trinajstić information content (AvgIpc) is 2.73. The van der Waals surface area contributed by atoms with Crippen molar-refractivity contribution in [2.24, 2.45) is 0 Å². The molecule has 0 saturated carbocycles. The Morgan fingerprint density at radius 3 is 2.36 bits per heavy atom. The number of thiocarbonyl (C=S) groups is 1. The van der Waals surface area contributed by atoms with Gasteiger partial charge in [0.1, 0.15) is 10.9 Å². The van der Waals surface area contributed by atoms with Crippen LogP contribution in [-0.4, -0.2) is 32.7 Å². The van der Waals surface area contributed by atoms with E-state index in [2.05, 4.69) is 6.92 Å². The molecule has 0 radical (unpaired) electrons. The molecular weight excluding hydrogens is 318 g/mol. The Kier molecular flexibility index (Phi) is 9.39. The van der Waals surface area contributed by atoms with E-state index in [0.29, 0.717) is 9.23 Å². The third-order valence-corrected chi connectivity index (χ3v) is 4.98. The summed E-state index contributed by atoms with van der Waals surface area (Å²) in [5.74, 6) is -1.31. The number of amides is 1. The fourth-order valence-electron chi connectivity index (χ4n) is 2.32. The van der Waals surface area contributed by atoms with Crippen LogP contribution in [0, 0.1) is 0 Å². The minimum Gasteiger partial charge on any atom is -0.480 e. The minimum atomic E-state index is -1.04. The second-order valence-electron chi connectivity index (χ2n) is 5.48. The van der Waals surface area contributed by atoms with Crippen LogP contribution in [0.1, 0.15) is 64.7 Å². The molecule has 1 N–H and O–H groups in total. The van der Waals surface area contributed by atoms with Gasteiger partial charge in [-0.05, 0) is 12.8 Å². The normalized spacial score (nSPS) is 16.8. The second kappa shape index (κ2) is 10.8. The highest BCUT2D eigenvalue weighted by atomic mass is 32.2. The SMILES string of the molecule is CCCCCCCCCCC=C1SC(=S)N(CC(=O)O)C1=O. The van der Waals surface area contributed by atoms with E-state index in [9.17, 15) is 9.59 Å². The molecule has 0 aromatic heterocycles. The van der Waals surface area contributed by atoms with Crippen molar-refractivity contribution < 1.29 is 14.7 Å². The lowest BCUT2D eigenvalue weighted by molar-refractivity contribution is -0.140. The lowest BCUT2D eigenvalue weighted by Gasteiger charge is -2.10. The number of carboxylic acid groups (broad SMARTS) is 1. The maximum absolute atomic E-state index is 12.0. The molecule has 6 heteroatoms. The average molecular weight is 344 g/mol. The van der Waals surface area contributed by atoms with Crippen LogP contribution in [0.2, 0.25) is 0 Å².